The second kappa shape index (κ2) is 24.3. The Hall–Kier alpha value is -0.000260. The summed E-state index contributed by atoms with van der Waals surface area (Å²) in [4.78, 5) is 18.6. The number of unbranched alkanes of at least 4 members (excludes halogenated alkanes) is 12. The predicted molar refractivity (Wildman–Crippen MR) is 89.1 cm³/mol. The van der Waals surface area contributed by atoms with Crippen molar-refractivity contribution in [2.45, 2.75) is 96.8 Å². The molecule has 0 saturated heterocycles. The molecule has 0 aromatic heterocycles. The molecule has 0 spiro atoms. The van der Waals surface area contributed by atoms with Crippen LogP contribution >= 0.6 is 0 Å². The quantitative estimate of drug-likeness (QED) is 0.381. The van der Waals surface area contributed by atoms with Gasteiger partial charge in [-0.05, 0) is 12.6 Å². The number of rotatable bonds is 14. The van der Waals surface area contributed by atoms with E-state index in [1.165, 1.54) is 70.6 Å². The van der Waals surface area contributed by atoms with Crippen LogP contribution in [0.3, 0.4) is 0 Å². The summed E-state index contributed by atoms with van der Waals surface area (Å²) in [7, 11) is 0. The van der Waals surface area contributed by atoms with Crippen LogP contribution in [0.4, 0.5) is 4.79 Å². The molecular weight excluding hydrogens is 324 g/mol. The van der Waals surface area contributed by atoms with Gasteiger partial charge in [0.2, 0.25) is 0 Å². The van der Waals surface area contributed by atoms with E-state index in [1.54, 1.807) is 0 Å². The Bertz CT molecular complexity index is 255. The zero-order valence-corrected chi connectivity index (χ0v) is 16.9. The van der Waals surface area contributed by atoms with Gasteiger partial charge in [-0.1, -0.05) is 84.0 Å². The third-order valence-corrected chi connectivity index (χ3v) is 3.49. The van der Waals surface area contributed by atoms with Crippen LogP contribution in [0.5, 0.6) is 0 Å². The van der Waals surface area contributed by atoms with Crippen LogP contribution in [0.15, 0.2) is 0 Å². The van der Waals surface area contributed by atoms with Gasteiger partial charge in [0.25, 0.3) is 0 Å². The van der Waals surface area contributed by atoms with E-state index in [1.807, 2.05) is 0 Å². The molecule has 6 heteroatoms. The fourth-order valence-electron chi connectivity index (χ4n) is 2.29. The van der Waals surface area contributed by atoms with Gasteiger partial charge in [0.15, 0.2) is 0 Å². The minimum Gasteiger partial charge on any atom is -0.652 e. The zero-order chi connectivity index (χ0) is 17.1. The Morgan fingerprint density at radius 2 is 0.957 bits per heavy atom. The van der Waals surface area contributed by atoms with Crippen molar-refractivity contribution >= 4 is 49.9 Å². The van der Waals surface area contributed by atoms with E-state index in [9.17, 15) is 4.79 Å². The summed E-state index contributed by atoms with van der Waals surface area (Å²) >= 11 is 0. The third kappa shape index (κ3) is 39.1. The van der Waals surface area contributed by atoms with Gasteiger partial charge in [-0.2, -0.15) is 0 Å². The molecule has 0 atom stereocenters. The SMILES string of the molecule is CCCCCCCCCCCCCCCC(=O)O.O=C([O-])[O-].[Ca+2]. The molecule has 0 aliphatic heterocycles. The van der Waals surface area contributed by atoms with E-state index >= 15 is 0 Å². The molecule has 0 rings (SSSR count). The minimum absolute atomic E-state index is 0. The van der Waals surface area contributed by atoms with Crippen molar-refractivity contribution in [2.24, 2.45) is 0 Å². The standard InChI is InChI=1S/C16H32O2.CH2O3.Ca/c1-2-3-4-5-6-7-8-9-10-11-12-13-14-15-16(17)18;2-1(3)4;/h2-15H2,1H3,(H,17,18);(H2,2,3,4);/q;;+2/p-2. The summed E-state index contributed by atoms with van der Waals surface area (Å²) in [6.07, 6.45) is 14.9. The molecule has 0 saturated carbocycles. The van der Waals surface area contributed by atoms with Gasteiger partial charge < -0.3 is 20.1 Å². The average molecular weight is 357 g/mol. The van der Waals surface area contributed by atoms with Gasteiger partial charge in [-0.25, -0.2) is 0 Å². The van der Waals surface area contributed by atoms with Crippen molar-refractivity contribution in [1.29, 1.82) is 0 Å². The van der Waals surface area contributed by atoms with E-state index in [2.05, 4.69) is 6.92 Å². The molecule has 5 nitrogen and oxygen atoms in total. The summed E-state index contributed by atoms with van der Waals surface area (Å²) in [5.41, 5.74) is 0. The van der Waals surface area contributed by atoms with Crippen molar-refractivity contribution in [1.82, 2.24) is 0 Å². The largest absolute Gasteiger partial charge is 2.00 e. The number of hydrogen-bond acceptors (Lipinski definition) is 4. The van der Waals surface area contributed by atoms with Gasteiger partial charge in [0, 0.05) is 6.42 Å². The normalized spacial score (nSPS) is 9.43. The Kier molecular flexibility index (Phi) is 29.3. The number of hydrogen-bond donors (Lipinski definition) is 1. The molecule has 0 aliphatic carbocycles. The molecule has 1 N–H and O–H groups in total. The first kappa shape index (κ1) is 27.8. The summed E-state index contributed by atoms with van der Waals surface area (Å²) in [6, 6.07) is 0. The van der Waals surface area contributed by atoms with E-state index in [0.717, 1.165) is 12.8 Å². The molecule has 0 unspecified atom stereocenters. The molecule has 0 bridgehead atoms. The van der Waals surface area contributed by atoms with Crippen molar-refractivity contribution in [3.63, 3.8) is 0 Å². The average Bonchev–Trinajstić information content (AvgIpc) is 2.43. The van der Waals surface area contributed by atoms with E-state index in [-0.39, 0.29) is 37.7 Å². The Morgan fingerprint density at radius 1 is 0.696 bits per heavy atom. The van der Waals surface area contributed by atoms with Gasteiger partial charge >= 0.3 is 43.7 Å². The molecule has 0 aromatic rings. The van der Waals surface area contributed by atoms with Crippen molar-refractivity contribution in [3.8, 4) is 0 Å². The van der Waals surface area contributed by atoms with E-state index < -0.39 is 12.1 Å². The summed E-state index contributed by atoms with van der Waals surface area (Å²) < 4.78 is 0. The van der Waals surface area contributed by atoms with Gasteiger partial charge in [0.05, 0.1) is 0 Å². The number of carbonyl (C=O) groups excluding carboxylic acids is 1. The van der Waals surface area contributed by atoms with Crippen LogP contribution in [0.1, 0.15) is 96.8 Å². The molecule has 23 heavy (non-hydrogen) atoms. The molecule has 0 aromatic carbocycles. The maximum atomic E-state index is 10.3. The predicted octanol–water partition coefficient (Wildman–Crippen LogP) is 2.72. The smallest absolute Gasteiger partial charge is 0.652 e. The van der Waals surface area contributed by atoms with Gasteiger partial charge in [-0.3, -0.25) is 4.79 Å². The molecular formula is C17H32CaO5. The summed E-state index contributed by atoms with van der Waals surface area (Å²) in [5.74, 6) is -0.655. The Morgan fingerprint density at radius 3 is 1.22 bits per heavy atom. The van der Waals surface area contributed by atoms with Crippen LogP contribution < -0.4 is 10.2 Å². The fraction of sp³-hybridized carbons (Fsp3) is 0.882. The van der Waals surface area contributed by atoms with Crippen LogP contribution in [-0.2, 0) is 4.79 Å². The Balaban J connectivity index is -0.000000712. The van der Waals surface area contributed by atoms with Crippen molar-refractivity contribution in [2.75, 3.05) is 0 Å². The fourth-order valence-corrected chi connectivity index (χ4v) is 2.29. The molecule has 0 aliphatic rings. The van der Waals surface area contributed by atoms with E-state index in [4.69, 9.17) is 20.1 Å². The van der Waals surface area contributed by atoms with Crippen molar-refractivity contribution in [3.05, 3.63) is 0 Å². The minimum atomic E-state index is -2.33. The molecule has 0 radical (unpaired) electrons. The number of aliphatic carboxylic acids is 1. The number of carboxylic acid groups (broad SMARTS) is 3. The van der Waals surface area contributed by atoms with E-state index in [0.29, 0.717) is 6.42 Å². The molecule has 0 amide bonds. The second-order valence-corrected chi connectivity index (χ2v) is 5.64. The van der Waals surface area contributed by atoms with Crippen LogP contribution in [-0.4, -0.2) is 55.0 Å². The summed E-state index contributed by atoms with van der Waals surface area (Å²) in [5, 5.41) is 25.2. The monoisotopic (exact) mass is 356 g/mol. The first-order valence-electron chi connectivity index (χ1n) is 8.60. The van der Waals surface area contributed by atoms with Crippen LogP contribution in [0, 0.1) is 0 Å². The second-order valence-electron chi connectivity index (χ2n) is 5.64. The first-order chi connectivity index (χ1) is 10.5. The first-order valence-corrected chi connectivity index (χ1v) is 8.60. The number of carbonyl (C=O) groups is 2. The molecule has 0 fully saturated rings. The molecule has 132 valence electrons. The topological polar surface area (TPSA) is 100 Å². The summed E-state index contributed by atoms with van der Waals surface area (Å²) in [6.45, 7) is 2.26. The maximum Gasteiger partial charge on any atom is 2.00 e. The molecule has 0 heterocycles. The third-order valence-electron chi connectivity index (χ3n) is 3.49. The number of carboxylic acids is 1. The zero-order valence-electron chi connectivity index (χ0n) is 14.7. The Labute approximate surface area is 170 Å². The van der Waals surface area contributed by atoms with Crippen LogP contribution in [0.25, 0.3) is 0 Å². The van der Waals surface area contributed by atoms with Crippen LogP contribution in [0.2, 0.25) is 0 Å². The maximum absolute atomic E-state index is 10.3. The van der Waals surface area contributed by atoms with Gasteiger partial charge in [-0.15, -0.1) is 0 Å². The van der Waals surface area contributed by atoms with Crippen molar-refractivity contribution < 1.29 is 24.9 Å². The van der Waals surface area contributed by atoms with Gasteiger partial charge in [0.1, 0.15) is 0 Å².